The SMILES string of the molecule is CCCCCC[C@](O)(C#N)CC. The van der Waals surface area contributed by atoms with Gasteiger partial charge >= 0.3 is 0 Å². The monoisotopic (exact) mass is 169 g/mol. The van der Waals surface area contributed by atoms with Crippen LogP contribution in [0.2, 0.25) is 0 Å². The summed E-state index contributed by atoms with van der Waals surface area (Å²) in [4.78, 5) is 0. The van der Waals surface area contributed by atoms with Crippen molar-refractivity contribution in [3.8, 4) is 6.07 Å². The average molecular weight is 169 g/mol. The molecule has 0 aliphatic heterocycles. The van der Waals surface area contributed by atoms with Crippen LogP contribution >= 0.6 is 0 Å². The summed E-state index contributed by atoms with van der Waals surface area (Å²) in [6.07, 6.45) is 5.64. The van der Waals surface area contributed by atoms with E-state index in [2.05, 4.69) is 6.92 Å². The molecule has 1 N–H and O–H groups in total. The van der Waals surface area contributed by atoms with Crippen LogP contribution in [0.15, 0.2) is 0 Å². The first-order valence-corrected chi connectivity index (χ1v) is 4.82. The van der Waals surface area contributed by atoms with Gasteiger partial charge in [0.2, 0.25) is 0 Å². The maximum atomic E-state index is 9.57. The van der Waals surface area contributed by atoms with E-state index >= 15 is 0 Å². The normalized spacial score (nSPS) is 15.2. The van der Waals surface area contributed by atoms with Crippen molar-refractivity contribution in [2.24, 2.45) is 0 Å². The molecule has 2 heteroatoms. The standard InChI is InChI=1S/C10H19NO/c1-3-5-6-7-8-10(12,4-2)9-11/h12H,3-8H2,1-2H3/t10-/m0/s1. The fourth-order valence-corrected chi connectivity index (χ4v) is 1.16. The fraction of sp³-hybridized carbons (Fsp3) is 0.900. The number of nitrogens with zero attached hydrogens (tertiary/aromatic N) is 1. The third-order valence-electron chi connectivity index (χ3n) is 2.24. The summed E-state index contributed by atoms with van der Waals surface area (Å²) < 4.78 is 0. The molecule has 2 nitrogen and oxygen atoms in total. The highest BCUT2D eigenvalue weighted by molar-refractivity contribution is 4.98. The zero-order chi connectivity index (χ0) is 9.45. The maximum Gasteiger partial charge on any atom is 0.150 e. The van der Waals surface area contributed by atoms with Gasteiger partial charge < -0.3 is 5.11 Å². The van der Waals surface area contributed by atoms with Crippen LogP contribution in [0.3, 0.4) is 0 Å². The van der Waals surface area contributed by atoms with Gasteiger partial charge in [-0.25, -0.2) is 0 Å². The number of hydrogen-bond acceptors (Lipinski definition) is 2. The molecule has 12 heavy (non-hydrogen) atoms. The van der Waals surface area contributed by atoms with Gasteiger partial charge in [-0.2, -0.15) is 5.26 Å². The van der Waals surface area contributed by atoms with Crippen molar-refractivity contribution in [2.75, 3.05) is 0 Å². The van der Waals surface area contributed by atoms with Crippen LogP contribution in [0.5, 0.6) is 0 Å². The van der Waals surface area contributed by atoms with Crippen molar-refractivity contribution in [3.05, 3.63) is 0 Å². The second kappa shape index (κ2) is 6.02. The minimum atomic E-state index is -1.06. The average Bonchev–Trinajstić information content (AvgIpc) is 2.12. The first-order valence-electron chi connectivity index (χ1n) is 4.82. The van der Waals surface area contributed by atoms with Crippen molar-refractivity contribution in [1.82, 2.24) is 0 Å². The van der Waals surface area contributed by atoms with E-state index in [0.717, 1.165) is 12.8 Å². The Kier molecular flexibility index (Phi) is 5.74. The summed E-state index contributed by atoms with van der Waals surface area (Å²) in [5.41, 5.74) is -1.06. The summed E-state index contributed by atoms with van der Waals surface area (Å²) in [5.74, 6) is 0. The van der Waals surface area contributed by atoms with Gasteiger partial charge in [0.05, 0.1) is 6.07 Å². The molecule has 0 aliphatic carbocycles. The molecule has 0 amide bonds. The zero-order valence-electron chi connectivity index (χ0n) is 8.14. The molecule has 0 aromatic heterocycles. The van der Waals surface area contributed by atoms with Gasteiger partial charge in [0.15, 0.2) is 5.60 Å². The molecule has 0 fully saturated rings. The number of rotatable bonds is 6. The van der Waals surface area contributed by atoms with E-state index < -0.39 is 5.60 Å². The van der Waals surface area contributed by atoms with Crippen LogP contribution in [0.25, 0.3) is 0 Å². The third kappa shape index (κ3) is 4.35. The molecule has 1 atom stereocenters. The molecular formula is C10H19NO. The van der Waals surface area contributed by atoms with Crippen molar-refractivity contribution < 1.29 is 5.11 Å². The highest BCUT2D eigenvalue weighted by atomic mass is 16.3. The van der Waals surface area contributed by atoms with E-state index in [9.17, 15) is 5.11 Å². The topological polar surface area (TPSA) is 44.0 Å². The summed E-state index contributed by atoms with van der Waals surface area (Å²) in [6.45, 7) is 4.00. The van der Waals surface area contributed by atoms with Gasteiger partial charge in [-0.15, -0.1) is 0 Å². The summed E-state index contributed by atoms with van der Waals surface area (Å²) >= 11 is 0. The summed E-state index contributed by atoms with van der Waals surface area (Å²) in [6, 6.07) is 1.96. The van der Waals surface area contributed by atoms with Crippen molar-refractivity contribution in [2.45, 2.75) is 58.0 Å². The molecule has 0 spiro atoms. The Morgan fingerprint density at radius 1 is 1.25 bits per heavy atom. The van der Waals surface area contributed by atoms with Gasteiger partial charge in [0, 0.05) is 0 Å². The Morgan fingerprint density at radius 3 is 2.33 bits per heavy atom. The lowest BCUT2D eigenvalue weighted by Crippen LogP contribution is -2.24. The first-order chi connectivity index (χ1) is 5.68. The lowest BCUT2D eigenvalue weighted by atomic mass is 9.95. The van der Waals surface area contributed by atoms with E-state index in [-0.39, 0.29) is 0 Å². The molecule has 0 aromatic rings. The summed E-state index contributed by atoms with van der Waals surface area (Å²) in [7, 11) is 0. The minimum absolute atomic E-state index is 0.537. The van der Waals surface area contributed by atoms with Gasteiger partial charge in [-0.1, -0.05) is 33.1 Å². The first kappa shape index (κ1) is 11.4. The molecule has 0 aromatic carbocycles. The quantitative estimate of drug-likeness (QED) is 0.490. The third-order valence-corrected chi connectivity index (χ3v) is 2.24. The molecule has 0 heterocycles. The van der Waals surface area contributed by atoms with E-state index in [1.807, 2.05) is 13.0 Å². The van der Waals surface area contributed by atoms with Crippen LogP contribution < -0.4 is 0 Å². The van der Waals surface area contributed by atoms with Crippen molar-refractivity contribution >= 4 is 0 Å². The minimum Gasteiger partial charge on any atom is -0.375 e. The van der Waals surface area contributed by atoms with Crippen LogP contribution in [0.1, 0.15) is 52.4 Å². The largest absolute Gasteiger partial charge is 0.375 e. The molecule has 0 saturated heterocycles. The highest BCUT2D eigenvalue weighted by Gasteiger charge is 2.22. The highest BCUT2D eigenvalue weighted by Crippen LogP contribution is 2.17. The molecule has 0 saturated carbocycles. The summed E-state index contributed by atoms with van der Waals surface area (Å²) in [5, 5.41) is 18.2. The molecular weight excluding hydrogens is 150 g/mol. The van der Waals surface area contributed by atoms with Gasteiger partial charge in [-0.3, -0.25) is 0 Å². The van der Waals surface area contributed by atoms with Crippen molar-refractivity contribution in [3.63, 3.8) is 0 Å². The van der Waals surface area contributed by atoms with E-state index in [4.69, 9.17) is 5.26 Å². The molecule has 70 valence electrons. The maximum absolute atomic E-state index is 9.57. The number of hydrogen-bond donors (Lipinski definition) is 1. The lowest BCUT2D eigenvalue weighted by molar-refractivity contribution is 0.0823. The Labute approximate surface area is 75.2 Å². The number of unbranched alkanes of at least 4 members (excludes halogenated alkanes) is 3. The number of nitriles is 1. The lowest BCUT2D eigenvalue weighted by Gasteiger charge is -2.17. The van der Waals surface area contributed by atoms with Crippen LogP contribution in [-0.2, 0) is 0 Å². The van der Waals surface area contributed by atoms with Gasteiger partial charge in [-0.05, 0) is 19.3 Å². The zero-order valence-corrected chi connectivity index (χ0v) is 8.14. The molecule has 0 aliphatic rings. The number of aliphatic hydroxyl groups is 1. The Morgan fingerprint density at radius 2 is 1.92 bits per heavy atom. The van der Waals surface area contributed by atoms with Crippen LogP contribution in [-0.4, -0.2) is 10.7 Å². The Bertz CT molecular complexity index is 150. The van der Waals surface area contributed by atoms with Crippen LogP contribution in [0.4, 0.5) is 0 Å². The van der Waals surface area contributed by atoms with E-state index in [1.54, 1.807) is 0 Å². The smallest absolute Gasteiger partial charge is 0.150 e. The predicted octanol–water partition coefficient (Wildman–Crippen LogP) is 2.62. The second-order valence-electron chi connectivity index (χ2n) is 3.31. The Hall–Kier alpha value is -0.550. The predicted molar refractivity (Wildman–Crippen MR) is 49.6 cm³/mol. The molecule has 0 rings (SSSR count). The molecule has 0 unspecified atom stereocenters. The second-order valence-corrected chi connectivity index (χ2v) is 3.31. The fourth-order valence-electron chi connectivity index (χ4n) is 1.16. The van der Waals surface area contributed by atoms with E-state index in [1.165, 1.54) is 12.8 Å². The van der Waals surface area contributed by atoms with Gasteiger partial charge in [0.1, 0.15) is 0 Å². The molecule has 0 radical (unpaired) electrons. The van der Waals surface area contributed by atoms with Crippen molar-refractivity contribution in [1.29, 1.82) is 5.26 Å². The molecule has 0 bridgehead atoms. The Balaban J connectivity index is 3.54. The van der Waals surface area contributed by atoms with E-state index in [0.29, 0.717) is 12.8 Å². The van der Waals surface area contributed by atoms with Gasteiger partial charge in [0.25, 0.3) is 0 Å². The van der Waals surface area contributed by atoms with Crippen LogP contribution in [0, 0.1) is 11.3 Å².